The number of hydrazone groups is 1. The number of nitrogens with zero attached hydrogens (tertiary/aromatic N) is 5. The van der Waals surface area contributed by atoms with E-state index in [1.54, 1.807) is 12.1 Å². The van der Waals surface area contributed by atoms with Gasteiger partial charge in [0.2, 0.25) is 5.82 Å². The summed E-state index contributed by atoms with van der Waals surface area (Å²) in [4.78, 5) is 14.1. The van der Waals surface area contributed by atoms with Gasteiger partial charge in [0.15, 0.2) is 0 Å². The molecule has 0 fully saturated rings. The number of hydrogen-bond donors (Lipinski definition) is 1. The van der Waals surface area contributed by atoms with Crippen LogP contribution in [-0.2, 0) is 6.54 Å². The molecule has 0 aliphatic heterocycles. The molecule has 1 heterocycles. The fourth-order valence-corrected chi connectivity index (χ4v) is 3.62. The topological polar surface area (TPSA) is 85.1 Å². The highest BCUT2D eigenvalue weighted by atomic mass is 16.2. The minimum absolute atomic E-state index is 0.267. The Labute approximate surface area is 196 Å². The van der Waals surface area contributed by atoms with Gasteiger partial charge in [0.1, 0.15) is 0 Å². The maximum Gasteiger partial charge on any atom is 0.271 e. The minimum atomic E-state index is -0.267. The SMILES string of the molecule is C/C(=N\NC(=O)c1ccc(Cn2nnc(-c3ccccc3)n2)cc1)c1ccc2ccccc2c1. The predicted molar refractivity (Wildman–Crippen MR) is 132 cm³/mol. The van der Waals surface area contributed by atoms with E-state index in [1.807, 2.05) is 67.6 Å². The minimum Gasteiger partial charge on any atom is -0.267 e. The summed E-state index contributed by atoms with van der Waals surface area (Å²) in [6.07, 6.45) is 0. The van der Waals surface area contributed by atoms with Crippen LogP contribution in [0.5, 0.6) is 0 Å². The van der Waals surface area contributed by atoms with Crippen LogP contribution in [0.25, 0.3) is 22.2 Å². The molecule has 0 aliphatic carbocycles. The fourth-order valence-electron chi connectivity index (χ4n) is 3.62. The van der Waals surface area contributed by atoms with Gasteiger partial charge in [-0.05, 0) is 52.2 Å². The van der Waals surface area contributed by atoms with E-state index in [1.165, 1.54) is 10.2 Å². The Morgan fingerprint density at radius 3 is 2.35 bits per heavy atom. The lowest BCUT2D eigenvalue weighted by molar-refractivity contribution is 0.0955. The first kappa shape index (κ1) is 21.2. The zero-order valence-corrected chi connectivity index (χ0v) is 18.6. The third-order valence-corrected chi connectivity index (χ3v) is 5.52. The Bertz CT molecular complexity index is 1470. The Morgan fingerprint density at radius 1 is 0.853 bits per heavy atom. The Kier molecular flexibility index (Phi) is 5.90. The molecule has 0 aliphatic rings. The maximum absolute atomic E-state index is 12.6. The molecule has 7 heteroatoms. The van der Waals surface area contributed by atoms with Crippen LogP contribution < -0.4 is 5.43 Å². The molecular weight excluding hydrogens is 424 g/mol. The summed E-state index contributed by atoms with van der Waals surface area (Å²) < 4.78 is 0. The van der Waals surface area contributed by atoms with E-state index in [0.29, 0.717) is 17.9 Å². The van der Waals surface area contributed by atoms with Gasteiger partial charge < -0.3 is 0 Å². The monoisotopic (exact) mass is 446 g/mol. The third-order valence-electron chi connectivity index (χ3n) is 5.52. The molecule has 0 bridgehead atoms. The number of rotatable bonds is 6. The predicted octanol–water partition coefficient (Wildman–Crippen LogP) is 4.70. The van der Waals surface area contributed by atoms with E-state index in [9.17, 15) is 4.79 Å². The molecule has 0 atom stereocenters. The van der Waals surface area contributed by atoms with E-state index < -0.39 is 0 Å². The molecule has 7 nitrogen and oxygen atoms in total. The molecule has 0 radical (unpaired) electrons. The molecule has 1 aromatic heterocycles. The normalized spacial score (nSPS) is 11.5. The Hall–Kier alpha value is -4.65. The summed E-state index contributed by atoms with van der Waals surface area (Å²) in [5.74, 6) is 0.313. The molecule has 5 aromatic rings. The number of nitrogens with one attached hydrogen (secondary N) is 1. The number of hydrogen-bond acceptors (Lipinski definition) is 5. The van der Waals surface area contributed by atoms with Crippen molar-refractivity contribution in [3.63, 3.8) is 0 Å². The van der Waals surface area contributed by atoms with Gasteiger partial charge in [-0.2, -0.15) is 9.90 Å². The zero-order chi connectivity index (χ0) is 23.3. The quantitative estimate of drug-likeness (QED) is 0.303. The summed E-state index contributed by atoms with van der Waals surface area (Å²) in [5, 5.41) is 19.2. The van der Waals surface area contributed by atoms with E-state index in [4.69, 9.17) is 0 Å². The van der Waals surface area contributed by atoms with Crippen molar-refractivity contribution >= 4 is 22.4 Å². The van der Waals surface area contributed by atoms with Crippen molar-refractivity contribution in [1.29, 1.82) is 0 Å². The van der Waals surface area contributed by atoms with Crippen LogP contribution >= 0.6 is 0 Å². The molecule has 0 saturated carbocycles. The molecule has 0 saturated heterocycles. The number of fused-ring (bicyclic) bond motifs is 1. The van der Waals surface area contributed by atoms with E-state index >= 15 is 0 Å². The molecule has 1 amide bonds. The summed E-state index contributed by atoms with van der Waals surface area (Å²) >= 11 is 0. The fraction of sp³-hybridized carbons (Fsp3) is 0.0741. The highest BCUT2D eigenvalue weighted by Gasteiger charge is 2.08. The van der Waals surface area contributed by atoms with Crippen LogP contribution in [0.3, 0.4) is 0 Å². The first-order chi connectivity index (χ1) is 16.7. The zero-order valence-electron chi connectivity index (χ0n) is 18.6. The standard InChI is InChI=1S/C27H22N6O/c1-19(24-16-15-21-7-5-6-10-25(21)17-24)28-30-27(34)23-13-11-20(12-14-23)18-33-31-26(29-32-33)22-8-3-2-4-9-22/h2-17H,18H2,1H3,(H,30,34)/b28-19+. The van der Waals surface area contributed by atoms with Crippen molar-refractivity contribution < 1.29 is 4.79 Å². The number of benzene rings is 4. The van der Waals surface area contributed by atoms with Gasteiger partial charge in [-0.15, -0.1) is 10.2 Å². The molecule has 1 N–H and O–H groups in total. The second kappa shape index (κ2) is 9.46. The summed E-state index contributed by atoms with van der Waals surface area (Å²) in [6.45, 7) is 2.34. The largest absolute Gasteiger partial charge is 0.271 e. The van der Waals surface area contributed by atoms with Gasteiger partial charge >= 0.3 is 0 Å². The Balaban J connectivity index is 1.22. The second-order valence-corrected chi connectivity index (χ2v) is 7.91. The van der Waals surface area contributed by atoms with E-state index in [2.05, 4.69) is 50.2 Å². The van der Waals surface area contributed by atoms with Gasteiger partial charge in [0, 0.05) is 11.1 Å². The van der Waals surface area contributed by atoms with Gasteiger partial charge in [-0.25, -0.2) is 5.43 Å². The first-order valence-electron chi connectivity index (χ1n) is 10.9. The molecule has 34 heavy (non-hydrogen) atoms. The van der Waals surface area contributed by atoms with Gasteiger partial charge in [-0.3, -0.25) is 4.79 Å². The van der Waals surface area contributed by atoms with Crippen molar-refractivity contribution in [1.82, 2.24) is 25.6 Å². The van der Waals surface area contributed by atoms with Crippen LogP contribution in [0.15, 0.2) is 102 Å². The number of carbonyl (C=O) groups is 1. The van der Waals surface area contributed by atoms with Gasteiger partial charge in [0.05, 0.1) is 12.3 Å². The number of carbonyl (C=O) groups excluding carboxylic acids is 1. The lowest BCUT2D eigenvalue weighted by Gasteiger charge is -2.06. The lowest BCUT2D eigenvalue weighted by Crippen LogP contribution is -2.19. The molecule has 166 valence electrons. The number of aromatic nitrogens is 4. The van der Waals surface area contributed by atoms with Crippen molar-refractivity contribution in [3.05, 3.63) is 114 Å². The molecule has 4 aromatic carbocycles. The second-order valence-electron chi connectivity index (χ2n) is 7.91. The van der Waals surface area contributed by atoms with Crippen molar-refractivity contribution in [2.24, 2.45) is 5.10 Å². The summed E-state index contributed by atoms with van der Waals surface area (Å²) in [5.41, 5.74) is 6.75. The average molecular weight is 447 g/mol. The lowest BCUT2D eigenvalue weighted by atomic mass is 10.0. The van der Waals surface area contributed by atoms with Crippen molar-refractivity contribution in [2.45, 2.75) is 13.5 Å². The molecular formula is C27H22N6O. The third kappa shape index (κ3) is 4.73. The maximum atomic E-state index is 12.6. The average Bonchev–Trinajstić information content (AvgIpc) is 3.36. The van der Waals surface area contributed by atoms with E-state index in [-0.39, 0.29) is 5.91 Å². The molecule has 5 rings (SSSR count). The molecule has 0 unspecified atom stereocenters. The van der Waals surface area contributed by atoms with Crippen LogP contribution in [0.1, 0.15) is 28.4 Å². The Morgan fingerprint density at radius 2 is 1.56 bits per heavy atom. The molecule has 0 spiro atoms. The van der Waals surface area contributed by atoms with Gasteiger partial charge in [-0.1, -0.05) is 78.9 Å². The van der Waals surface area contributed by atoms with Crippen molar-refractivity contribution in [3.8, 4) is 11.4 Å². The number of tetrazole rings is 1. The number of amides is 1. The summed E-state index contributed by atoms with van der Waals surface area (Å²) in [7, 11) is 0. The van der Waals surface area contributed by atoms with Crippen LogP contribution in [0.2, 0.25) is 0 Å². The van der Waals surface area contributed by atoms with Crippen LogP contribution in [-0.4, -0.2) is 31.8 Å². The van der Waals surface area contributed by atoms with Crippen LogP contribution in [0, 0.1) is 0 Å². The smallest absolute Gasteiger partial charge is 0.267 e. The van der Waals surface area contributed by atoms with E-state index in [0.717, 1.165) is 27.8 Å². The highest BCUT2D eigenvalue weighted by molar-refractivity contribution is 6.03. The first-order valence-corrected chi connectivity index (χ1v) is 10.9. The van der Waals surface area contributed by atoms with Gasteiger partial charge in [0.25, 0.3) is 5.91 Å². The highest BCUT2D eigenvalue weighted by Crippen LogP contribution is 2.16. The summed E-state index contributed by atoms with van der Waals surface area (Å²) in [6, 6.07) is 31.3. The van der Waals surface area contributed by atoms with Crippen LogP contribution in [0.4, 0.5) is 0 Å². The van der Waals surface area contributed by atoms with Crippen molar-refractivity contribution in [2.75, 3.05) is 0 Å².